The molecule has 3 aromatic heterocycles. The van der Waals surface area contributed by atoms with E-state index in [1.807, 2.05) is 19.9 Å². The van der Waals surface area contributed by atoms with E-state index in [-0.39, 0.29) is 24.0 Å². The zero-order valence-electron chi connectivity index (χ0n) is 30.9. The molecule has 0 unspecified atom stereocenters. The molecular formula is C41H54N4O5. The Morgan fingerprint density at radius 3 is 2.28 bits per heavy atom. The Kier molecular flexibility index (Phi) is 12.3. The van der Waals surface area contributed by atoms with Crippen molar-refractivity contribution >= 4 is 45.7 Å². The summed E-state index contributed by atoms with van der Waals surface area (Å²) in [7, 11) is 0. The first-order valence-corrected chi connectivity index (χ1v) is 18.4. The normalized spacial score (nSPS) is 15.9. The van der Waals surface area contributed by atoms with Crippen molar-refractivity contribution in [3.8, 4) is 0 Å². The standard InChI is InChI=1S/C41H54N4O5/c1-8-10-11-12-13-14-15-17-49-22-31-26(5)32-19-34-25(4)30(16-18-50-23-46)39(44-34)28(7)40-38(41(47)48)27(6)35(45-40)21-36-29(9-2)24(3)33(42-36)20-37(31)43-32/h19-21,23,25,30,42,45H,8-18,22H2,1-7H3,(H,47,48)/t25-,30-/m0/s1. The zero-order valence-corrected chi connectivity index (χ0v) is 30.9. The van der Waals surface area contributed by atoms with Crippen LogP contribution < -0.4 is 0 Å². The molecule has 2 atom stereocenters. The summed E-state index contributed by atoms with van der Waals surface area (Å²) in [5, 5.41) is 10.4. The van der Waals surface area contributed by atoms with Crippen molar-refractivity contribution in [2.45, 2.75) is 118 Å². The van der Waals surface area contributed by atoms with Crippen LogP contribution >= 0.6 is 0 Å². The van der Waals surface area contributed by atoms with E-state index < -0.39 is 5.97 Å². The van der Waals surface area contributed by atoms with Crippen molar-refractivity contribution in [1.82, 2.24) is 19.9 Å². The van der Waals surface area contributed by atoms with E-state index in [1.165, 1.54) is 44.1 Å². The summed E-state index contributed by atoms with van der Waals surface area (Å²) in [6.07, 6.45) is 10.0. The van der Waals surface area contributed by atoms with E-state index in [1.54, 1.807) is 0 Å². The number of carboxylic acids is 1. The first-order chi connectivity index (χ1) is 24.1. The molecule has 0 amide bonds. The van der Waals surface area contributed by atoms with Crippen LogP contribution in [0.25, 0.3) is 33.2 Å². The van der Waals surface area contributed by atoms with Crippen molar-refractivity contribution < 1.29 is 24.2 Å². The molecule has 50 heavy (non-hydrogen) atoms. The van der Waals surface area contributed by atoms with Crippen LogP contribution in [0.1, 0.15) is 146 Å². The first kappa shape index (κ1) is 37.0. The lowest BCUT2D eigenvalue weighted by Crippen LogP contribution is -2.08. The second-order valence-electron chi connectivity index (χ2n) is 13.9. The monoisotopic (exact) mass is 682 g/mol. The maximum Gasteiger partial charge on any atom is 0.338 e. The minimum atomic E-state index is -0.994. The van der Waals surface area contributed by atoms with Gasteiger partial charge in [0.25, 0.3) is 6.47 Å². The van der Waals surface area contributed by atoms with Crippen molar-refractivity contribution in [2.24, 2.45) is 0 Å². The molecule has 0 saturated heterocycles. The minimum absolute atomic E-state index is 0.0123. The lowest BCUT2D eigenvalue weighted by molar-refractivity contribution is -0.128. The summed E-state index contributed by atoms with van der Waals surface area (Å²) < 4.78 is 11.4. The third-order valence-electron chi connectivity index (χ3n) is 10.7. The highest BCUT2D eigenvalue weighted by molar-refractivity contribution is 6.02. The van der Waals surface area contributed by atoms with Crippen molar-refractivity contribution in [3.63, 3.8) is 0 Å². The fourth-order valence-corrected chi connectivity index (χ4v) is 7.58. The minimum Gasteiger partial charge on any atom is -0.478 e. The van der Waals surface area contributed by atoms with E-state index >= 15 is 0 Å². The highest BCUT2D eigenvalue weighted by atomic mass is 16.5. The summed E-state index contributed by atoms with van der Waals surface area (Å²) in [5.74, 6) is -1.09. The fraction of sp³-hybridized carbons (Fsp3) is 0.512. The smallest absolute Gasteiger partial charge is 0.338 e. The zero-order chi connectivity index (χ0) is 35.9. The number of aryl methyl sites for hydroxylation is 4. The van der Waals surface area contributed by atoms with Crippen LogP contribution in [0.5, 0.6) is 0 Å². The first-order valence-electron chi connectivity index (χ1n) is 18.4. The van der Waals surface area contributed by atoms with Gasteiger partial charge in [0.1, 0.15) is 0 Å². The Labute approximate surface area is 296 Å². The predicted molar refractivity (Wildman–Crippen MR) is 201 cm³/mol. The number of fused-ring (bicyclic) bond motifs is 8. The molecule has 3 aromatic rings. The largest absolute Gasteiger partial charge is 0.478 e. The van der Waals surface area contributed by atoms with Gasteiger partial charge in [-0.25, -0.2) is 9.78 Å². The van der Waals surface area contributed by atoms with Crippen LogP contribution in [-0.2, 0) is 20.7 Å². The number of aromatic amines is 2. The fourth-order valence-electron chi connectivity index (χ4n) is 7.58. The second-order valence-corrected chi connectivity index (χ2v) is 13.9. The van der Waals surface area contributed by atoms with Crippen LogP contribution in [-0.4, -0.2) is 57.3 Å². The summed E-state index contributed by atoms with van der Waals surface area (Å²) in [6.45, 7) is 16.4. The van der Waals surface area contributed by atoms with Crippen LogP contribution in [0.15, 0.2) is 18.2 Å². The van der Waals surface area contributed by atoms with Crippen LogP contribution in [0.4, 0.5) is 0 Å². The number of carboxylic acid groups (broad SMARTS) is 1. The number of aromatic nitrogens is 4. The molecule has 5 heterocycles. The number of H-pyrrole nitrogens is 2. The average Bonchev–Trinajstić information content (AvgIpc) is 3.77. The lowest BCUT2D eigenvalue weighted by Gasteiger charge is -2.16. The quantitative estimate of drug-likeness (QED) is 0.101. The molecule has 3 N–H and O–H groups in total. The predicted octanol–water partition coefficient (Wildman–Crippen LogP) is 9.65. The number of aromatic carboxylic acids is 1. The van der Waals surface area contributed by atoms with Crippen LogP contribution in [0.3, 0.4) is 0 Å². The number of ether oxygens (including phenoxy) is 2. The Morgan fingerprint density at radius 1 is 0.860 bits per heavy atom. The van der Waals surface area contributed by atoms with Gasteiger partial charge in [0.15, 0.2) is 0 Å². The Balaban J connectivity index is 1.69. The molecule has 9 nitrogen and oxygen atoms in total. The SMILES string of the molecule is CCCCCCCCCOCC1=C(C)c2cc3nc(c(C)c4[nH]c(cc5[nH]c(cc1n2)c(C)c5CC)c(C)c4C(=O)O)[C@@H](CCOC=O)[C@@H]3C. The molecule has 2 aliphatic rings. The molecule has 0 aromatic carbocycles. The molecule has 0 saturated carbocycles. The summed E-state index contributed by atoms with van der Waals surface area (Å²) in [5.41, 5.74) is 12.7. The number of rotatable bonds is 16. The van der Waals surface area contributed by atoms with Crippen molar-refractivity contribution in [1.29, 1.82) is 0 Å². The Morgan fingerprint density at radius 2 is 1.58 bits per heavy atom. The second kappa shape index (κ2) is 16.6. The number of hydrogen-bond acceptors (Lipinski definition) is 6. The maximum absolute atomic E-state index is 12.7. The highest BCUT2D eigenvalue weighted by Crippen LogP contribution is 2.42. The van der Waals surface area contributed by atoms with Gasteiger partial charge < -0.3 is 24.5 Å². The molecule has 2 aliphatic heterocycles. The van der Waals surface area contributed by atoms with Crippen LogP contribution in [0, 0.1) is 20.8 Å². The van der Waals surface area contributed by atoms with Gasteiger partial charge in [-0.15, -0.1) is 0 Å². The number of carbonyl (C=O) groups excluding carboxylic acids is 1. The van der Waals surface area contributed by atoms with E-state index in [4.69, 9.17) is 19.4 Å². The summed E-state index contributed by atoms with van der Waals surface area (Å²) in [6, 6.07) is 6.21. The lowest BCUT2D eigenvalue weighted by atomic mass is 9.87. The summed E-state index contributed by atoms with van der Waals surface area (Å²) in [4.78, 5) is 41.2. The van der Waals surface area contributed by atoms with E-state index in [0.717, 1.165) is 81.0 Å². The Bertz CT molecular complexity index is 1920. The van der Waals surface area contributed by atoms with Gasteiger partial charge >= 0.3 is 5.97 Å². The molecule has 0 aliphatic carbocycles. The van der Waals surface area contributed by atoms with Gasteiger partial charge in [0.05, 0.1) is 35.7 Å². The van der Waals surface area contributed by atoms with Gasteiger partial charge in [-0.3, -0.25) is 9.78 Å². The molecule has 9 heteroatoms. The number of unbranched alkanes of at least 4 members (excludes halogenated alkanes) is 6. The van der Waals surface area contributed by atoms with Gasteiger partial charge in [0, 0.05) is 52.0 Å². The molecular weight excluding hydrogens is 628 g/mol. The molecule has 5 rings (SSSR count). The third kappa shape index (κ3) is 7.73. The number of carbonyl (C=O) groups is 2. The van der Waals surface area contributed by atoms with Gasteiger partial charge in [-0.2, -0.15) is 0 Å². The molecule has 0 radical (unpaired) electrons. The van der Waals surface area contributed by atoms with Gasteiger partial charge in [-0.1, -0.05) is 59.3 Å². The van der Waals surface area contributed by atoms with E-state index in [0.29, 0.717) is 30.6 Å². The highest BCUT2D eigenvalue weighted by Gasteiger charge is 2.32. The number of hydrogen-bond donors (Lipinski definition) is 3. The number of allylic oxidation sites excluding steroid dienone is 1. The molecule has 8 bridgehead atoms. The van der Waals surface area contributed by atoms with E-state index in [2.05, 4.69) is 56.7 Å². The maximum atomic E-state index is 12.7. The van der Waals surface area contributed by atoms with Crippen molar-refractivity contribution in [2.75, 3.05) is 19.8 Å². The van der Waals surface area contributed by atoms with Gasteiger partial charge in [-0.05, 0) is 93.0 Å². The van der Waals surface area contributed by atoms with Crippen molar-refractivity contribution in [3.05, 3.63) is 68.8 Å². The van der Waals surface area contributed by atoms with E-state index in [9.17, 15) is 14.7 Å². The number of nitrogens with one attached hydrogen (secondary N) is 2. The third-order valence-corrected chi connectivity index (χ3v) is 10.7. The number of nitrogens with zero attached hydrogens (tertiary/aromatic N) is 2. The molecule has 0 spiro atoms. The van der Waals surface area contributed by atoms with Crippen LogP contribution in [0.2, 0.25) is 0 Å². The van der Waals surface area contributed by atoms with Gasteiger partial charge in [0.2, 0.25) is 0 Å². The molecule has 0 fully saturated rings. The molecule has 268 valence electrons. The topological polar surface area (TPSA) is 130 Å². The summed E-state index contributed by atoms with van der Waals surface area (Å²) >= 11 is 0. The Hall–Kier alpha value is -4.24. The average molecular weight is 683 g/mol.